The summed E-state index contributed by atoms with van der Waals surface area (Å²) in [6.07, 6.45) is 0. The van der Waals surface area contributed by atoms with Gasteiger partial charge >= 0.3 is 0 Å². The van der Waals surface area contributed by atoms with Crippen molar-refractivity contribution in [3.8, 4) is 11.4 Å². The maximum absolute atomic E-state index is 7.56. The van der Waals surface area contributed by atoms with E-state index < -0.39 is 6.85 Å². The molecule has 0 aliphatic rings. The average molecular weight is 308 g/mol. The molecule has 0 amide bonds. The van der Waals surface area contributed by atoms with Crippen LogP contribution in [0.1, 0.15) is 26.8 Å². The number of aromatic nitrogens is 3. The van der Waals surface area contributed by atoms with Crippen LogP contribution in [0.5, 0.6) is 0 Å². The van der Waals surface area contributed by atoms with Gasteiger partial charge in [0.15, 0.2) is 0 Å². The number of aryl methyl sites for hydroxylation is 3. The minimum atomic E-state index is -2.26. The molecule has 0 atom stereocenters. The van der Waals surface area contributed by atoms with E-state index in [1.165, 1.54) is 0 Å². The molecule has 4 nitrogen and oxygen atoms in total. The third-order valence-electron chi connectivity index (χ3n) is 4.56. The van der Waals surface area contributed by atoms with Crippen molar-refractivity contribution in [3.05, 3.63) is 46.9 Å². The first-order chi connectivity index (χ1) is 12.2. The van der Waals surface area contributed by atoms with Crippen molar-refractivity contribution in [2.24, 2.45) is 7.05 Å². The van der Waals surface area contributed by atoms with Gasteiger partial charge in [-0.1, -0.05) is 12.1 Å². The fourth-order valence-corrected chi connectivity index (χ4v) is 3.04. The fraction of sp³-hybridized carbons (Fsp3) is 0.263. The number of imidazole rings is 1. The Morgan fingerprint density at radius 3 is 2.52 bits per heavy atom. The van der Waals surface area contributed by atoms with Crippen molar-refractivity contribution in [2.75, 3.05) is 0 Å². The molecule has 1 aromatic carbocycles. The first-order valence-electron chi connectivity index (χ1n) is 9.02. The highest BCUT2D eigenvalue weighted by molar-refractivity contribution is 6.08. The lowest BCUT2D eigenvalue weighted by Gasteiger charge is -2.07. The van der Waals surface area contributed by atoms with Gasteiger partial charge in [0, 0.05) is 33.3 Å². The number of rotatable bonds is 1. The van der Waals surface area contributed by atoms with Gasteiger partial charge in [-0.3, -0.25) is 0 Å². The summed E-state index contributed by atoms with van der Waals surface area (Å²) >= 11 is 0. The van der Waals surface area contributed by atoms with Gasteiger partial charge in [0.25, 0.3) is 0 Å². The van der Waals surface area contributed by atoms with Crippen LogP contribution in [0.3, 0.4) is 0 Å². The summed E-state index contributed by atoms with van der Waals surface area (Å²) in [6, 6.07) is 7.33. The fourth-order valence-electron chi connectivity index (χ4n) is 3.04. The van der Waals surface area contributed by atoms with Crippen molar-refractivity contribution in [2.45, 2.75) is 27.6 Å². The number of nitrogens with zero attached hydrogens (tertiary/aromatic N) is 3. The van der Waals surface area contributed by atoms with Gasteiger partial charge in [-0.05, 0) is 45.3 Å². The van der Waals surface area contributed by atoms with Crippen LogP contribution in [0, 0.1) is 27.6 Å². The molecule has 0 N–H and O–H groups in total. The molecule has 3 aromatic heterocycles. The van der Waals surface area contributed by atoms with E-state index in [1.54, 1.807) is 12.1 Å². The van der Waals surface area contributed by atoms with Crippen LogP contribution >= 0.6 is 0 Å². The minimum absolute atomic E-state index is 0.0333. The van der Waals surface area contributed by atoms with E-state index in [0.29, 0.717) is 11.3 Å². The molecule has 0 spiro atoms. The molecule has 0 bridgehead atoms. The molecular weight excluding hydrogens is 286 g/mol. The Hall–Kier alpha value is -2.62. The monoisotopic (exact) mass is 308 g/mol. The highest BCUT2D eigenvalue weighted by Crippen LogP contribution is 2.37. The molecule has 0 aliphatic heterocycles. The Balaban J connectivity index is 2.07. The summed E-state index contributed by atoms with van der Waals surface area (Å²) in [4.78, 5) is 8.95. The summed E-state index contributed by atoms with van der Waals surface area (Å²) in [5.41, 5.74) is 5.07. The Morgan fingerprint density at radius 2 is 1.83 bits per heavy atom. The maximum atomic E-state index is 7.56. The summed E-state index contributed by atoms with van der Waals surface area (Å²) < 4.78 is 30.8. The lowest BCUT2D eigenvalue weighted by atomic mass is 10.0. The van der Waals surface area contributed by atoms with Crippen molar-refractivity contribution in [1.82, 2.24) is 14.5 Å². The molecular formula is C19H19N3O. The molecule has 0 aliphatic carbocycles. The topological polar surface area (TPSA) is 43.9 Å². The zero-order valence-electron chi connectivity index (χ0n) is 16.6. The van der Waals surface area contributed by atoms with Crippen LogP contribution < -0.4 is 0 Å². The van der Waals surface area contributed by atoms with Gasteiger partial charge in [0.2, 0.25) is 5.71 Å². The summed E-state index contributed by atoms with van der Waals surface area (Å²) in [5.74, 6) is 0.832. The van der Waals surface area contributed by atoms with Crippen molar-refractivity contribution in [1.29, 1.82) is 0 Å². The Labute approximate surface area is 139 Å². The molecule has 0 unspecified atom stereocenters. The van der Waals surface area contributed by atoms with Crippen molar-refractivity contribution >= 4 is 22.1 Å². The van der Waals surface area contributed by atoms with Gasteiger partial charge in [-0.2, -0.15) is 0 Å². The van der Waals surface area contributed by atoms with Crippen LogP contribution in [-0.2, 0) is 7.05 Å². The average Bonchev–Trinajstić information content (AvgIpc) is 3.06. The van der Waals surface area contributed by atoms with Crippen molar-refractivity contribution in [3.63, 3.8) is 0 Å². The Morgan fingerprint density at radius 1 is 1.04 bits per heavy atom. The normalized spacial score (nSPS) is 14.2. The van der Waals surface area contributed by atoms with Gasteiger partial charge in [0.05, 0.1) is 11.3 Å². The first-order valence-corrected chi connectivity index (χ1v) is 7.52. The maximum Gasteiger partial charge on any atom is 0.227 e. The van der Waals surface area contributed by atoms with E-state index in [9.17, 15) is 0 Å². The van der Waals surface area contributed by atoms with Gasteiger partial charge in [0.1, 0.15) is 11.4 Å². The number of pyridine rings is 1. The van der Waals surface area contributed by atoms with Crippen molar-refractivity contribution < 1.29 is 8.53 Å². The van der Waals surface area contributed by atoms with Gasteiger partial charge in [-0.25, -0.2) is 9.97 Å². The molecule has 23 heavy (non-hydrogen) atoms. The highest BCUT2D eigenvalue weighted by atomic mass is 16.3. The Bertz CT molecular complexity index is 1170. The van der Waals surface area contributed by atoms with E-state index >= 15 is 0 Å². The summed E-state index contributed by atoms with van der Waals surface area (Å²) in [6.45, 7) is 3.77. The lowest BCUT2D eigenvalue weighted by Crippen LogP contribution is -1.96. The van der Waals surface area contributed by atoms with E-state index in [0.717, 1.165) is 39.1 Å². The zero-order valence-corrected chi connectivity index (χ0v) is 13.6. The van der Waals surface area contributed by atoms with Crippen LogP contribution in [0.15, 0.2) is 28.7 Å². The largest absolute Gasteiger partial charge is 0.437 e. The van der Waals surface area contributed by atoms with E-state index in [-0.39, 0.29) is 5.69 Å². The lowest BCUT2D eigenvalue weighted by molar-refractivity contribution is 0.652. The number of furan rings is 1. The summed E-state index contributed by atoms with van der Waals surface area (Å²) in [7, 11) is 1.98. The van der Waals surface area contributed by atoms with E-state index in [1.807, 2.05) is 44.5 Å². The molecule has 4 aromatic rings. The zero-order chi connectivity index (χ0) is 18.8. The number of fused-ring (bicyclic) bond motifs is 3. The van der Waals surface area contributed by atoms with Gasteiger partial charge < -0.3 is 8.98 Å². The van der Waals surface area contributed by atoms with Crippen LogP contribution in [0.25, 0.3) is 33.5 Å². The minimum Gasteiger partial charge on any atom is -0.437 e. The number of benzene rings is 1. The van der Waals surface area contributed by atoms with Crippen LogP contribution in [0.2, 0.25) is 0 Å². The molecule has 0 saturated carbocycles. The third kappa shape index (κ3) is 1.91. The standard InChI is InChI=1S/C19H19N3O/c1-10-6-8-14-15-9-7-11(2)20-19(15)23-17(14)16(10)18-21-12(3)13(4)22(18)5/h6-9H,1-5H3/i2D3. The number of hydrogen-bond donors (Lipinski definition) is 0. The Kier molecular flexibility index (Phi) is 2.24. The molecule has 116 valence electrons. The highest BCUT2D eigenvalue weighted by Gasteiger charge is 2.19. The van der Waals surface area contributed by atoms with E-state index in [2.05, 4.69) is 4.98 Å². The first kappa shape index (κ1) is 11.0. The predicted molar refractivity (Wildman–Crippen MR) is 92.7 cm³/mol. The SMILES string of the molecule is [2H]C([2H])([2H])c1ccc2c(n1)oc1c(-c3nc(C)c(C)n3C)c(C)ccc12. The second kappa shape index (κ2) is 4.69. The molecule has 0 fully saturated rings. The summed E-state index contributed by atoms with van der Waals surface area (Å²) in [5, 5.41) is 1.71. The molecule has 0 radical (unpaired) electrons. The van der Waals surface area contributed by atoms with Crippen LogP contribution in [-0.4, -0.2) is 14.5 Å². The quantitative estimate of drug-likeness (QED) is 0.515. The molecule has 3 heterocycles. The van der Waals surface area contributed by atoms with Crippen LogP contribution in [0.4, 0.5) is 0 Å². The second-order valence-electron chi connectivity index (χ2n) is 5.95. The second-order valence-corrected chi connectivity index (χ2v) is 5.95. The number of hydrogen-bond acceptors (Lipinski definition) is 3. The molecule has 4 rings (SSSR count). The third-order valence-corrected chi connectivity index (χ3v) is 4.56. The van der Waals surface area contributed by atoms with Gasteiger partial charge in [-0.15, -0.1) is 0 Å². The predicted octanol–water partition coefficient (Wildman–Crippen LogP) is 4.62. The smallest absolute Gasteiger partial charge is 0.227 e. The molecule has 4 heteroatoms. The van der Waals surface area contributed by atoms with E-state index in [4.69, 9.17) is 13.5 Å². The molecule has 0 saturated heterocycles.